The van der Waals surface area contributed by atoms with Crippen molar-refractivity contribution in [2.24, 2.45) is 0 Å². The average Bonchev–Trinajstić information content (AvgIpc) is 2.72. The summed E-state index contributed by atoms with van der Waals surface area (Å²) in [6.45, 7) is 11.4. The molecule has 1 unspecified atom stereocenters. The van der Waals surface area contributed by atoms with Gasteiger partial charge >= 0.3 is 12.0 Å². The molecule has 29 heavy (non-hydrogen) atoms. The van der Waals surface area contributed by atoms with Gasteiger partial charge in [-0.2, -0.15) is 0 Å². The summed E-state index contributed by atoms with van der Waals surface area (Å²) in [5.74, 6) is -0.407. The van der Waals surface area contributed by atoms with E-state index in [0.29, 0.717) is 37.6 Å². The third kappa shape index (κ3) is 4.86. The molecule has 1 aromatic rings. The van der Waals surface area contributed by atoms with Crippen LogP contribution in [0.15, 0.2) is 48.2 Å². The maximum atomic E-state index is 13.0. The molecule has 156 valence electrons. The molecule has 1 fully saturated rings. The molecular formula is C22H29N3O4. The van der Waals surface area contributed by atoms with E-state index in [4.69, 9.17) is 9.47 Å². The van der Waals surface area contributed by atoms with Crippen LogP contribution in [-0.2, 0) is 14.3 Å². The molecule has 2 amide bonds. The van der Waals surface area contributed by atoms with Crippen LogP contribution in [0.25, 0.3) is 0 Å². The Bertz CT molecular complexity index is 782. The van der Waals surface area contributed by atoms with Gasteiger partial charge in [0.05, 0.1) is 31.4 Å². The highest BCUT2D eigenvalue weighted by Crippen LogP contribution is 2.32. The molecule has 1 aromatic carbocycles. The maximum absolute atomic E-state index is 13.0. The minimum absolute atomic E-state index is 0.244. The molecular weight excluding hydrogens is 370 g/mol. The molecule has 0 bridgehead atoms. The number of morpholine rings is 1. The fourth-order valence-electron chi connectivity index (χ4n) is 3.63. The predicted molar refractivity (Wildman–Crippen MR) is 110 cm³/mol. The lowest BCUT2D eigenvalue weighted by atomic mass is 9.93. The third-order valence-corrected chi connectivity index (χ3v) is 5.13. The smallest absolute Gasteiger partial charge is 0.338 e. The van der Waals surface area contributed by atoms with Gasteiger partial charge in [-0.25, -0.2) is 9.59 Å². The number of ether oxygens (including phenoxy) is 2. The zero-order chi connectivity index (χ0) is 20.8. The first-order chi connectivity index (χ1) is 14.0. The lowest BCUT2D eigenvalue weighted by Crippen LogP contribution is -2.51. The van der Waals surface area contributed by atoms with Gasteiger partial charge < -0.3 is 14.8 Å². The van der Waals surface area contributed by atoms with Crippen molar-refractivity contribution in [2.45, 2.75) is 19.9 Å². The molecule has 7 heteroatoms. The highest BCUT2D eigenvalue weighted by atomic mass is 16.5. The number of benzene rings is 1. The second kappa shape index (κ2) is 9.71. The van der Waals surface area contributed by atoms with E-state index in [2.05, 4.69) is 16.8 Å². The lowest BCUT2D eigenvalue weighted by molar-refractivity contribution is -0.139. The van der Waals surface area contributed by atoms with Crippen LogP contribution in [0.2, 0.25) is 0 Å². The molecule has 0 radical (unpaired) electrons. The van der Waals surface area contributed by atoms with E-state index < -0.39 is 12.0 Å². The fraction of sp³-hybridized carbons (Fsp3) is 0.455. The summed E-state index contributed by atoms with van der Waals surface area (Å²) in [4.78, 5) is 29.8. The number of carbonyl (C=O) groups excluding carboxylic acids is 2. The molecule has 3 rings (SSSR count). The van der Waals surface area contributed by atoms with E-state index in [9.17, 15) is 9.59 Å². The van der Waals surface area contributed by atoms with Crippen LogP contribution < -0.4 is 5.32 Å². The zero-order valence-corrected chi connectivity index (χ0v) is 17.1. The standard InChI is InChI=1S/C22H29N3O4/c1-4-10-25-18(15-24-11-13-28-14-12-24)19(21(26)29-5-2)20(23-22(25)27)17-8-6-16(3)7-9-17/h4,6-9,20H,1,5,10-15H2,2-3H3,(H,23,27). The Balaban J connectivity index is 2.08. The minimum atomic E-state index is -0.556. The SMILES string of the molecule is C=CCN1C(=O)NC(c2ccc(C)cc2)C(C(=O)OCC)=C1CN1CCOCC1. The fourth-order valence-corrected chi connectivity index (χ4v) is 3.63. The van der Waals surface area contributed by atoms with E-state index in [1.165, 1.54) is 0 Å². The van der Waals surface area contributed by atoms with Crippen LogP contribution in [-0.4, -0.2) is 67.8 Å². The molecule has 2 heterocycles. The maximum Gasteiger partial charge on any atom is 0.338 e. The van der Waals surface area contributed by atoms with Gasteiger partial charge in [-0.3, -0.25) is 9.80 Å². The Kier molecular flexibility index (Phi) is 7.06. The van der Waals surface area contributed by atoms with Gasteiger partial charge in [-0.05, 0) is 19.4 Å². The minimum Gasteiger partial charge on any atom is -0.463 e. The number of esters is 1. The van der Waals surface area contributed by atoms with Gasteiger partial charge in [0.15, 0.2) is 0 Å². The zero-order valence-electron chi connectivity index (χ0n) is 17.1. The Labute approximate surface area is 171 Å². The van der Waals surface area contributed by atoms with E-state index in [-0.39, 0.29) is 12.6 Å². The van der Waals surface area contributed by atoms with Crippen molar-refractivity contribution < 1.29 is 19.1 Å². The highest BCUT2D eigenvalue weighted by molar-refractivity contribution is 5.95. The summed E-state index contributed by atoms with van der Waals surface area (Å²) in [6, 6.07) is 7.03. The van der Waals surface area contributed by atoms with Crippen molar-refractivity contribution in [3.63, 3.8) is 0 Å². The average molecular weight is 399 g/mol. The number of carbonyl (C=O) groups is 2. The number of rotatable bonds is 7. The summed E-state index contributed by atoms with van der Waals surface area (Å²) in [7, 11) is 0. The van der Waals surface area contributed by atoms with Gasteiger partial charge in [0.2, 0.25) is 0 Å². The molecule has 2 aliphatic heterocycles. The van der Waals surface area contributed by atoms with E-state index >= 15 is 0 Å². The summed E-state index contributed by atoms with van der Waals surface area (Å²) in [5, 5.41) is 2.98. The van der Waals surface area contributed by atoms with Crippen LogP contribution in [0.1, 0.15) is 24.1 Å². The van der Waals surface area contributed by atoms with Gasteiger partial charge in [0.25, 0.3) is 0 Å². The molecule has 0 saturated carbocycles. The Morgan fingerprint density at radius 3 is 2.62 bits per heavy atom. The van der Waals surface area contributed by atoms with Gasteiger partial charge in [0.1, 0.15) is 0 Å². The van der Waals surface area contributed by atoms with Crippen LogP contribution in [0, 0.1) is 6.92 Å². The second-order valence-corrected chi connectivity index (χ2v) is 7.16. The third-order valence-electron chi connectivity index (χ3n) is 5.13. The van der Waals surface area contributed by atoms with Crippen LogP contribution >= 0.6 is 0 Å². The predicted octanol–water partition coefficient (Wildman–Crippen LogP) is 2.40. The van der Waals surface area contributed by atoms with Crippen molar-refractivity contribution in [3.8, 4) is 0 Å². The van der Waals surface area contributed by atoms with Crippen molar-refractivity contribution >= 4 is 12.0 Å². The Morgan fingerprint density at radius 1 is 1.31 bits per heavy atom. The number of aryl methyl sites for hydroxylation is 1. The van der Waals surface area contributed by atoms with E-state index in [0.717, 1.165) is 24.2 Å². The molecule has 7 nitrogen and oxygen atoms in total. The van der Waals surface area contributed by atoms with Crippen molar-refractivity contribution in [2.75, 3.05) is 46.0 Å². The number of nitrogens with one attached hydrogen (secondary N) is 1. The van der Waals surface area contributed by atoms with Crippen LogP contribution in [0.4, 0.5) is 4.79 Å². The van der Waals surface area contributed by atoms with Gasteiger partial charge in [-0.15, -0.1) is 6.58 Å². The molecule has 1 atom stereocenters. The first-order valence-corrected chi connectivity index (χ1v) is 10.0. The van der Waals surface area contributed by atoms with Crippen molar-refractivity contribution in [1.82, 2.24) is 15.1 Å². The number of urea groups is 1. The lowest BCUT2D eigenvalue weighted by Gasteiger charge is -2.39. The summed E-state index contributed by atoms with van der Waals surface area (Å²) >= 11 is 0. The molecule has 1 saturated heterocycles. The van der Waals surface area contributed by atoms with Crippen molar-refractivity contribution in [1.29, 1.82) is 0 Å². The van der Waals surface area contributed by atoms with Crippen LogP contribution in [0.5, 0.6) is 0 Å². The Morgan fingerprint density at radius 2 is 2.00 bits per heavy atom. The Hall–Kier alpha value is -2.64. The number of nitrogens with zero attached hydrogens (tertiary/aromatic N) is 2. The summed E-state index contributed by atoms with van der Waals surface area (Å²) in [6.07, 6.45) is 1.66. The normalized spacial score (nSPS) is 20.4. The van der Waals surface area contributed by atoms with Crippen molar-refractivity contribution in [3.05, 3.63) is 59.3 Å². The molecule has 1 N–H and O–H groups in total. The largest absolute Gasteiger partial charge is 0.463 e. The number of hydrogen-bond donors (Lipinski definition) is 1. The van der Waals surface area contributed by atoms with Gasteiger partial charge in [-0.1, -0.05) is 35.9 Å². The van der Waals surface area contributed by atoms with Crippen LogP contribution in [0.3, 0.4) is 0 Å². The quantitative estimate of drug-likeness (QED) is 0.563. The van der Waals surface area contributed by atoms with Gasteiger partial charge in [0, 0.05) is 31.9 Å². The highest BCUT2D eigenvalue weighted by Gasteiger charge is 2.38. The molecule has 0 aliphatic carbocycles. The van der Waals surface area contributed by atoms with E-state index in [1.54, 1.807) is 17.9 Å². The summed E-state index contributed by atoms with van der Waals surface area (Å²) < 4.78 is 10.8. The second-order valence-electron chi connectivity index (χ2n) is 7.16. The first kappa shape index (κ1) is 21.1. The van der Waals surface area contributed by atoms with E-state index in [1.807, 2.05) is 31.2 Å². The molecule has 2 aliphatic rings. The topological polar surface area (TPSA) is 71.1 Å². The molecule has 0 spiro atoms. The first-order valence-electron chi connectivity index (χ1n) is 10.0. The number of amides is 2. The number of hydrogen-bond acceptors (Lipinski definition) is 5. The summed E-state index contributed by atoms with van der Waals surface area (Å²) in [5.41, 5.74) is 3.10. The molecule has 0 aromatic heterocycles. The monoisotopic (exact) mass is 399 g/mol.